The zero-order chi connectivity index (χ0) is 28.2. The van der Waals surface area contributed by atoms with Crippen molar-refractivity contribution in [3.63, 3.8) is 0 Å². The molecule has 1 aromatic heterocycles. The molecule has 0 radical (unpaired) electrons. The molecule has 0 N–H and O–H groups in total. The highest BCUT2D eigenvalue weighted by Crippen LogP contribution is 2.35. The fourth-order valence-electron chi connectivity index (χ4n) is 4.64. The van der Waals surface area contributed by atoms with E-state index in [0.717, 1.165) is 24.4 Å². The Hall–Kier alpha value is -3.53. The van der Waals surface area contributed by atoms with Gasteiger partial charge in [-0.15, -0.1) is 0 Å². The van der Waals surface area contributed by atoms with Crippen LogP contribution in [0, 0.1) is 11.3 Å². The number of hydrogen-bond acceptors (Lipinski definition) is 6. The molecule has 1 aliphatic carbocycles. The molecular formula is C26H26F6N4O3. The van der Waals surface area contributed by atoms with E-state index in [4.69, 9.17) is 14.7 Å². The minimum atomic E-state index is -4.66. The number of benzene rings is 1. The first kappa shape index (κ1) is 28.5. The third-order valence-electron chi connectivity index (χ3n) is 6.81. The van der Waals surface area contributed by atoms with Crippen LogP contribution in [-0.2, 0) is 21.9 Å². The van der Waals surface area contributed by atoms with Crippen LogP contribution in [0.4, 0.5) is 32.2 Å². The van der Waals surface area contributed by atoms with Gasteiger partial charge in [0.1, 0.15) is 18.2 Å². The molecule has 1 saturated carbocycles. The monoisotopic (exact) mass is 556 g/mol. The summed E-state index contributed by atoms with van der Waals surface area (Å²) in [6.07, 6.45) is -6.56. The van der Waals surface area contributed by atoms with Gasteiger partial charge in [-0.05, 0) is 56.0 Å². The van der Waals surface area contributed by atoms with Gasteiger partial charge in [0.15, 0.2) is 0 Å². The summed E-state index contributed by atoms with van der Waals surface area (Å²) >= 11 is 0. The Morgan fingerprint density at radius 3 is 2.18 bits per heavy atom. The SMILES string of the molecule is N#Cc1ccc(O[C@H]2CC[C@H](OCC(=O)N3CCN(c4ccc(C(F)(F)F)cn4)CC3)CC2)cc1C(F)(F)F. The lowest BCUT2D eigenvalue weighted by molar-refractivity contribution is -0.140. The van der Waals surface area contributed by atoms with E-state index in [-0.39, 0.29) is 30.5 Å². The molecule has 1 aliphatic heterocycles. The summed E-state index contributed by atoms with van der Waals surface area (Å²) in [6.45, 7) is 1.52. The average molecular weight is 557 g/mol. The Morgan fingerprint density at radius 2 is 1.62 bits per heavy atom. The highest BCUT2D eigenvalue weighted by Gasteiger charge is 2.35. The highest BCUT2D eigenvalue weighted by atomic mass is 19.4. The zero-order valence-corrected chi connectivity index (χ0v) is 20.8. The van der Waals surface area contributed by atoms with E-state index in [1.165, 1.54) is 18.2 Å². The summed E-state index contributed by atoms with van der Waals surface area (Å²) in [5.74, 6) is 0.276. The Morgan fingerprint density at radius 1 is 0.949 bits per heavy atom. The van der Waals surface area contributed by atoms with Crippen LogP contribution in [-0.4, -0.2) is 60.8 Å². The molecule has 210 valence electrons. The molecule has 1 amide bonds. The number of alkyl halides is 6. The van der Waals surface area contributed by atoms with E-state index in [0.29, 0.717) is 57.7 Å². The fraction of sp³-hybridized carbons (Fsp3) is 0.500. The molecule has 7 nitrogen and oxygen atoms in total. The number of carbonyl (C=O) groups is 1. The second-order valence-corrected chi connectivity index (χ2v) is 9.42. The largest absolute Gasteiger partial charge is 0.490 e. The Kier molecular flexibility index (Phi) is 8.54. The zero-order valence-electron chi connectivity index (χ0n) is 20.8. The van der Waals surface area contributed by atoms with Crippen molar-refractivity contribution in [1.82, 2.24) is 9.88 Å². The number of hydrogen-bond donors (Lipinski definition) is 0. The highest BCUT2D eigenvalue weighted by molar-refractivity contribution is 5.77. The molecule has 1 aromatic carbocycles. The molecule has 13 heteroatoms. The van der Waals surface area contributed by atoms with Crippen molar-refractivity contribution in [1.29, 1.82) is 5.26 Å². The van der Waals surface area contributed by atoms with Gasteiger partial charge in [0.25, 0.3) is 0 Å². The van der Waals surface area contributed by atoms with E-state index in [1.807, 2.05) is 4.90 Å². The van der Waals surface area contributed by atoms with Gasteiger partial charge >= 0.3 is 12.4 Å². The van der Waals surface area contributed by atoms with Crippen molar-refractivity contribution < 1.29 is 40.6 Å². The summed E-state index contributed by atoms with van der Waals surface area (Å²) in [6, 6.07) is 7.13. The van der Waals surface area contributed by atoms with Gasteiger partial charge in [-0.25, -0.2) is 4.98 Å². The van der Waals surface area contributed by atoms with Crippen molar-refractivity contribution >= 4 is 11.7 Å². The smallest absolute Gasteiger partial charge is 0.417 e. The molecule has 0 unspecified atom stereocenters. The lowest BCUT2D eigenvalue weighted by atomic mass is 9.95. The molecule has 0 atom stereocenters. The number of carbonyl (C=O) groups excluding carboxylic acids is 1. The number of anilines is 1. The maximum atomic E-state index is 13.2. The predicted octanol–water partition coefficient (Wildman–Crippen LogP) is 5.05. The first-order valence-electron chi connectivity index (χ1n) is 12.4. The second-order valence-electron chi connectivity index (χ2n) is 9.42. The van der Waals surface area contributed by atoms with Gasteiger partial charge in [-0.1, -0.05) is 0 Å². The molecule has 0 bridgehead atoms. The van der Waals surface area contributed by atoms with Gasteiger partial charge in [0, 0.05) is 32.4 Å². The number of amides is 1. The van der Waals surface area contributed by atoms with Crippen LogP contribution in [0.1, 0.15) is 42.4 Å². The van der Waals surface area contributed by atoms with Crippen molar-refractivity contribution in [3.8, 4) is 11.8 Å². The number of rotatable bonds is 6. The topological polar surface area (TPSA) is 78.7 Å². The van der Waals surface area contributed by atoms with Crippen LogP contribution >= 0.6 is 0 Å². The van der Waals surface area contributed by atoms with Crippen LogP contribution in [0.25, 0.3) is 0 Å². The van der Waals surface area contributed by atoms with Gasteiger partial charge < -0.3 is 19.3 Å². The summed E-state index contributed by atoms with van der Waals surface area (Å²) in [4.78, 5) is 20.0. The molecule has 2 fully saturated rings. The predicted molar refractivity (Wildman–Crippen MR) is 127 cm³/mol. The van der Waals surface area contributed by atoms with Gasteiger partial charge in [-0.2, -0.15) is 31.6 Å². The lowest BCUT2D eigenvalue weighted by Gasteiger charge is -2.36. The molecule has 2 aromatic rings. The van der Waals surface area contributed by atoms with Gasteiger partial charge in [0.2, 0.25) is 5.91 Å². The fourth-order valence-corrected chi connectivity index (χ4v) is 4.64. The maximum Gasteiger partial charge on any atom is 0.417 e. The molecule has 39 heavy (non-hydrogen) atoms. The van der Waals surface area contributed by atoms with E-state index >= 15 is 0 Å². The summed E-state index contributed by atoms with van der Waals surface area (Å²) in [5.41, 5.74) is -2.31. The van der Waals surface area contributed by atoms with Crippen molar-refractivity contribution in [2.75, 3.05) is 37.7 Å². The minimum Gasteiger partial charge on any atom is -0.490 e. The van der Waals surface area contributed by atoms with Crippen molar-refractivity contribution in [3.05, 3.63) is 53.2 Å². The molecule has 0 spiro atoms. The molecule has 2 heterocycles. The first-order chi connectivity index (χ1) is 18.4. The van der Waals surface area contributed by atoms with Crippen molar-refractivity contribution in [2.24, 2.45) is 0 Å². The van der Waals surface area contributed by atoms with Crippen LogP contribution < -0.4 is 9.64 Å². The minimum absolute atomic E-state index is 0.0477. The average Bonchev–Trinajstić information content (AvgIpc) is 2.91. The van der Waals surface area contributed by atoms with Crippen LogP contribution in [0.3, 0.4) is 0 Å². The summed E-state index contributed by atoms with van der Waals surface area (Å²) < 4.78 is 89.2. The first-order valence-corrected chi connectivity index (χ1v) is 12.4. The van der Waals surface area contributed by atoms with E-state index in [2.05, 4.69) is 4.98 Å². The van der Waals surface area contributed by atoms with Crippen LogP contribution in [0.15, 0.2) is 36.5 Å². The van der Waals surface area contributed by atoms with Crippen molar-refractivity contribution in [2.45, 2.75) is 50.2 Å². The van der Waals surface area contributed by atoms with E-state index < -0.39 is 29.0 Å². The third-order valence-corrected chi connectivity index (χ3v) is 6.81. The second kappa shape index (κ2) is 11.7. The number of ether oxygens (including phenoxy) is 2. The lowest BCUT2D eigenvalue weighted by Crippen LogP contribution is -2.50. The maximum absolute atomic E-state index is 13.2. The van der Waals surface area contributed by atoms with E-state index in [9.17, 15) is 31.1 Å². The number of aromatic nitrogens is 1. The normalized spacial score (nSPS) is 20.4. The molecule has 4 rings (SSSR count). The third kappa shape index (κ3) is 7.32. The van der Waals surface area contributed by atoms with Crippen LogP contribution in [0.5, 0.6) is 5.75 Å². The molecule has 2 aliphatic rings. The van der Waals surface area contributed by atoms with Crippen LogP contribution in [0.2, 0.25) is 0 Å². The number of nitrogens with zero attached hydrogens (tertiary/aromatic N) is 4. The van der Waals surface area contributed by atoms with Gasteiger partial charge in [0.05, 0.1) is 35.0 Å². The molecule has 1 saturated heterocycles. The standard InChI is InChI=1S/C26H26F6N4O3/c27-25(28,29)18-2-8-23(34-15-18)35-9-11-36(12-10-35)24(37)16-38-19-4-6-20(7-5-19)39-21-3-1-17(14-33)22(13-21)26(30,31)32/h1-3,8,13,15,19-20H,4-7,9-12,16H2/t19-,20-. The van der Waals surface area contributed by atoms with Gasteiger partial charge in [-0.3, -0.25) is 4.79 Å². The molecular weight excluding hydrogens is 530 g/mol. The summed E-state index contributed by atoms with van der Waals surface area (Å²) in [7, 11) is 0. The number of halogens is 6. The Balaban J connectivity index is 1.18. The Labute approximate surface area is 220 Å². The Bertz CT molecular complexity index is 1180. The summed E-state index contributed by atoms with van der Waals surface area (Å²) in [5, 5.41) is 8.92. The number of nitriles is 1. The number of piperazine rings is 1. The van der Waals surface area contributed by atoms with E-state index in [1.54, 1.807) is 4.90 Å². The number of pyridine rings is 1. The quantitative estimate of drug-likeness (QED) is 0.464.